The molecule has 0 aromatic heterocycles. The number of ether oxygens (including phenoxy) is 1. The van der Waals surface area contributed by atoms with E-state index in [1.807, 2.05) is 27.8 Å². The zero-order chi connectivity index (χ0) is 20.7. The third-order valence-electron chi connectivity index (χ3n) is 5.30. The first kappa shape index (κ1) is 26.3. The Hall–Kier alpha value is -0.770. The molecule has 2 fully saturated rings. The first-order chi connectivity index (χ1) is 13.2. The third kappa shape index (κ3) is 9.72. The van der Waals surface area contributed by atoms with E-state index < -0.39 is 5.60 Å². The van der Waals surface area contributed by atoms with Gasteiger partial charge in [0.25, 0.3) is 0 Å². The topological polar surface area (TPSA) is 69.2 Å². The Balaban J connectivity index is 0.00000420. The summed E-state index contributed by atoms with van der Waals surface area (Å²) in [6.07, 6.45) is 3.04. The summed E-state index contributed by atoms with van der Waals surface area (Å²) < 4.78 is 5.35. The number of hydrogen-bond acceptors (Lipinski definition) is 4. The van der Waals surface area contributed by atoms with Crippen LogP contribution in [0.25, 0.3) is 0 Å². The van der Waals surface area contributed by atoms with Gasteiger partial charge < -0.3 is 25.2 Å². The molecule has 2 aliphatic rings. The summed E-state index contributed by atoms with van der Waals surface area (Å²) in [5, 5.41) is 6.46. The van der Waals surface area contributed by atoms with Gasteiger partial charge in [-0.05, 0) is 58.4 Å². The minimum Gasteiger partial charge on any atom is -0.444 e. The van der Waals surface area contributed by atoms with Crippen molar-refractivity contribution in [3.8, 4) is 0 Å². The van der Waals surface area contributed by atoms with E-state index in [2.05, 4.69) is 39.3 Å². The van der Waals surface area contributed by atoms with Crippen LogP contribution >= 0.6 is 24.0 Å². The van der Waals surface area contributed by atoms with Gasteiger partial charge in [-0.1, -0.05) is 13.8 Å². The predicted molar refractivity (Wildman–Crippen MR) is 130 cm³/mol. The number of halogens is 1. The minimum atomic E-state index is -0.468. The molecule has 0 saturated carbocycles. The Morgan fingerprint density at radius 2 is 1.83 bits per heavy atom. The quantitative estimate of drug-likeness (QED) is 0.251. The van der Waals surface area contributed by atoms with Crippen molar-refractivity contribution in [3.63, 3.8) is 0 Å². The van der Waals surface area contributed by atoms with Crippen molar-refractivity contribution in [2.45, 2.75) is 65.5 Å². The SMILES string of the molecule is CN=C(NCCCN1CC(C)CC(C)C1)N1CCC(NC(=O)OC(C)(C)C)C1.I. The van der Waals surface area contributed by atoms with Crippen molar-refractivity contribution >= 4 is 36.0 Å². The maximum atomic E-state index is 12.0. The monoisotopic (exact) mass is 523 g/mol. The highest BCUT2D eigenvalue weighted by Crippen LogP contribution is 2.20. The van der Waals surface area contributed by atoms with Gasteiger partial charge in [0.15, 0.2) is 5.96 Å². The number of nitrogens with one attached hydrogen (secondary N) is 2. The van der Waals surface area contributed by atoms with E-state index in [4.69, 9.17) is 4.74 Å². The second kappa shape index (κ2) is 12.2. The third-order valence-corrected chi connectivity index (χ3v) is 5.30. The fraction of sp³-hybridized carbons (Fsp3) is 0.905. The van der Waals surface area contributed by atoms with Crippen molar-refractivity contribution in [2.24, 2.45) is 16.8 Å². The fourth-order valence-electron chi connectivity index (χ4n) is 4.35. The molecule has 7 nitrogen and oxygen atoms in total. The van der Waals surface area contributed by atoms with E-state index in [1.165, 1.54) is 19.5 Å². The van der Waals surface area contributed by atoms with E-state index in [-0.39, 0.29) is 36.1 Å². The molecule has 0 spiro atoms. The predicted octanol–water partition coefficient (Wildman–Crippen LogP) is 3.15. The Morgan fingerprint density at radius 1 is 1.17 bits per heavy atom. The van der Waals surface area contributed by atoms with Gasteiger partial charge in [-0.15, -0.1) is 24.0 Å². The molecule has 1 amide bonds. The number of piperidine rings is 1. The fourth-order valence-corrected chi connectivity index (χ4v) is 4.35. The largest absolute Gasteiger partial charge is 0.444 e. The summed E-state index contributed by atoms with van der Waals surface area (Å²) in [6, 6.07) is 0.102. The number of aliphatic imine (C=N–C) groups is 1. The standard InChI is InChI=1S/C21H41N5O2.HI/c1-16-12-17(2)14-25(13-16)10-7-9-23-19(22-6)26-11-8-18(15-26)24-20(27)28-21(3,4)5;/h16-18H,7-15H2,1-6H3,(H,22,23)(H,24,27);1H. The van der Waals surface area contributed by atoms with Gasteiger partial charge in [0.2, 0.25) is 0 Å². The lowest BCUT2D eigenvalue weighted by Crippen LogP contribution is -2.45. The zero-order valence-corrected chi connectivity index (χ0v) is 21.5. The molecule has 0 aromatic rings. The summed E-state index contributed by atoms with van der Waals surface area (Å²) in [7, 11) is 1.82. The highest BCUT2D eigenvalue weighted by Gasteiger charge is 2.28. The molecule has 8 heteroatoms. The summed E-state index contributed by atoms with van der Waals surface area (Å²) >= 11 is 0. The number of guanidine groups is 1. The number of rotatable bonds is 5. The molecule has 170 valence electrons. The Bertz CT molecular complexity index is 528. The van der Waals surface area contributed by atoms with Gasteiger partial charge in [0, 0.05) is 39.8 Å². The van der Waals surface area contributed by atoms with Gasteiger partial charge in [-0.25, -0.2) is 4.79 Å². The lowest BCUT2D eigenvalue weighted by molar-refractivity contribution is 0.0507. The maximum absolute atomic E-state index is 12.0. The first-order valence-electron chi connectivity index (χ1n) is 10.8. The molecule has 2 saturated heterocycles. The Morgan fingerprint density at radius 3 is 2.41 bits per heavy atom. The van der Waals surface area contributed by atoms with Crippen LogP contribution in [0.3, 0.4) is 0 Å². The second-order valence-corrected chi connectivity index (χ2v) is 9.61. The highest BCUT2D eigenvalue weighted by molar-refractivity contribution is 14.0. The molecular weight excluding hydrogens is 481 g/mol. The lowest BCUT2D eigenvalue weighted by atomic mass is 9.92. The van der Waals surface area contributed by atoms with Crippen LogP contribution in [0.1, 0.15) is 53.9 Å². The van der Waals surface area contributed by atoms with E-state index in [0.717, 1.165) is 56.8 Å². The Kier molecular flexibility index (Phi) is 11.0. The van der Waals surface area contributed by atoms with E-state index in [1.54, 1.807) is 0 Å². The van der Waals surface area contributed by atoms with Gasteiger partial charge in [-0.2, -0.15) is 0 Å². The first-order valence-corrected chi connectivity index (χ1v) is 10.8. The van der Waals surface area contributed by atoms with Gasteiger partial charge in [0.1, 0.15) is 5.60 Å². The molecule has 0 radical (unpaired) electrons. The zero-order valence-electron chi connectivity index (χ0n) is 19.2. The molecule has 3 atom stereocenters. The van der Waals surface area contributed by atoms with Crippen molar-refractivity contribution in [3.05, 3.63) is 0 Å². The normalized spacial score (nSPS) is 26.1. The van der Waals surface area contributed by atoms with Crippen LogP contribution < -0.4 is 10.6 Å². The summed E-state index contributed by atoms with van der Waals surface area (Å²) in [5.74, 6) is 2.54. The van der Waals surface area contributed by atoms with Crippen LogP contribution in [-0.2, 0) is 4.74 Å². The number of nitrogens with zero attached hydrogens (tertiary/aromatic N) is 3. The molecule has 3 unspecified atom stereocenters. The molecule has 0 aliphatic carbocycles. The van der Waals surface area contributed by atoms with Gasteiger partial charge in [0.05, 0.1) is 6.04 Å². The van der Waals surface area contributed by atoms with E-state index in [0.29, 0.717) is 0 Å². The average molecular weight is 524 g/mol. The molecule has 29 heavy (non-hydrogen) atoms. The smallest absolute Gasteiger partial charge is 0.407 e. The van der Waals surface area contributed by atoms with Gasteiger partial charge in [-0.3, -0.25) is 4.99 Å². The molecule has 2 heterocycles. The lowest BCUT2D eigenvalue weighted by Gasteiger charge is -2.35. The van der Waals surface area contributed by atoms with Crippen LogP contribution in [0.2, 0.25) is 0 Å². The number of alkyl carbamates (subject to hydrolysis) is 1. The number of carbonyl (C=O) groups is 1. The average Bonchev–Trinajstić information content (AvgIpc) is 3.00. The van der Waals surface area contributed by atoms with Crippen molar-refractivity contribution in [2.75, 3.05) is 46.3 Å². The molecule has 0 aromatic carbocycles. The van der Waals surface area contributed by atoms with Gasteiger partial charge >= 0.3 is 6.09 Å². The molecule has 2 aliphatic heterocycles. The van der Waals surface area contributed by atoms with Crippen LogP contribution in [0, 0.1) is 11.8 Å². The van der Waals surface area contributed by atoms with Crippen LogP contribution in [-0.4, -0.2) is 79.8 Å². The molecule has 2 N–H and O–H groups in total. The highest BCUT2D eigenvalue weighted by atomic mass is 127. The van der Waals surface area contributed by atoms with Crippen LogP contribution in [0.15, 0.2) is 4.99 Å². The number of hydrogen-bond donors (Lipinski definition) is 2. The Labute approximate surface area is 194 Å². The van der Waals surface area contributed by atoms with Crippen molar-refractivity contribution in [1.29, 1.82) is 0 Å². The van der Waals surface area contributed by atoms with E-state index in [9.17, 15) is 4.79 Å². The molecule has 0 bridgehead atoms. The summed E-state index contributed by atoms with van der Waals surface area (Å²) in [6.45, 7) is 16.5. The maximum Gasteiger partial charge on any atom is 0.407 e. The number of likely N-dealkylation sites (tertiary alicyclic amines) is 2. The van der Waals surface area contributed by atoms with Crippen LogP contribution in [0.4, 0.5) is 4.79 Å². The molecular formula is C21H42IN5O2. The van der Waals surface area contributed by atoms with Crippen LogP contribution in [0.5, 0.6) is 0 Å². The van der Waals surface area contributed by atoms with Crippen molar-refractivity contribution < 1.29 is 9.53 Å². The van der Waals surface area contributed by atoms with Crippen molar-refractivity contribution in [1.82, 2.24) is 20.4 Å². The summed E-state index contributed by atoms with van der Waals surface area (Å²) in [5.41, 5.74) is -0.468. The second-order valence-electron chi connectivity index (χ2n) is 9.61. The number of amides is 1. The molecule has 2 rings (SSSR count). The van der Waals surface area contributed by atoms with E-state index >= 15 is 0 Å². The number of carbonyl (C=O) groups excluding carboxylic acids is 1. The summed E-state index contributed by atoms with van der Waals surface area (Å²) in [4.78, 5) is 21.2. The minimum absolute atomic E-state index is 0.